The summed E-state index contributed by atoms with van der Waals surface area (Å²) in [6.07, 6.45) is 8.09. The third-order valence-corrected chi connectivity index (χ3v) is 4.50. The Kier molecular flexibility index (Phi) is 8.01. The van der Waals surface area contributed by atoms with E-state index in [0.29, 0.717) is 5.41 Å². The lowest BCUT2D eigenvalue weighted by atomic mass is 9.84. The van der Waals surface area contributed by atoms with Crippen molar-refractivity contribution in [3.8, 4) is 0 Å². The highest BCUT2D eigenvalue weighted by molar-refractivity contribution is 4.84. The molecule has 1 fully saturated rings. The minimum absolute atomic E-state index is 0.463. The van der Waals surface area contributed by atoms with Gasteiger partial charge in [0.2, 0.25) is 0 Å². The standard InChI is InChI=1S/C17H36N2/c1-5-8-16-9-12-19(13-16)15-17(4,10-6-2)14-18-11-7-3/h16,18H,5-15H2,1-4H3. The molecule has 0 radical (unpaired) electrons. The van der Waals surface area contributed by atoms with Crippen LogP contribution in [0, 0.1) is 11.3 Å². The summed E-state index contributed by atoms with van der Waals surface area (Å²) in [5.41, 5.74) is 0.463. The largest absolute Gasteiger partial charge is 0.316 e. The summed E-state index contributed by atoms with van der Waals surface area (Å²) in [5, 5.41) is 3.64. The van der Waals surface area contributed by atoms with Crippen LogP contribution in [0.1, 0.15) is 66.2 Å². The number of nitrogens with zero attached hydrogens (tertiary/aromatic N) is 1. The third kappa shape index (κ3) is 6.27. The Hall–Kier alpha value is -0.0800. The van der Waals surface area contributed by atoms with Crippen LogP contribution in [0.3, 0.4) is 0 Å². The summed E-state index contributed by atoms with van der Waals surface area (Å²) in [6, 6.07) is 0. The van der Waals surface area contributed by atoms with Gasteiger partial charge in [0.05, 0.1) is 0 Å². The molecule has 2 unspecified atom stereocenters. The fourth-order valence-electron chi connectivity index (χ4n) is 3.63. The normalized spacial score (nSPS) is 23.7. The Labute approximate surface area is 121 Å². The Morgan fingerprint density at radius 3 is 2.58 bits per heavy atom. The van der Waals surface area contributed by atoms with Gasteiger partial charge in [0, 0.05) is 19.6 Å². The number of hydrogen-bond donors (Lipinski definition) is 1. The predicted molar refractivity (Wildman–Crippen MR) is 85.6 cm³/mol. The zero-order valence-electron chi connectivity index (χ0n) is 13.8. The second-order valence-electron chi connectivity index (χ2n) is 6.92. The maximum absolute atomic E-state index is 3.64. The average molecular weight is 268 g/mol. The molecule has 0 amide bonds. The number of likely N-dealkylation sites (tertiary alicyclic amines) is 1. The second kappa shape index (κ2) is 8.97. The quantitative estimate of drug-likeness (QED) is 0.604. The van der Waals surface area contributed by atoms with Crippen molar-refractivity contribution in [2.45, 2.75) is 66.2 Å². The highest BCUT2D eigenvalue weighted by Gasteiger charge is 2.30. The van der Waals surface area contributed by atoms with Crippen LogP contribution >= 0.6 is 0 Å². The smallest absolute Gasteiger partial charge is 0.00476 e. The van der Waals surface area contributed by atoms with Gasteiger partial charge >= 0.3 is 0 Å². The van der Waals surface area contributed by atoms with Gasteiger partial charge in [0.25, 0.3) is 0 Å². The van der Waals surface area contributed by atoms with E-state index < -0.39 is 0 Å². The Balaban J connectivity index is 2.39. The van der Waals surface area contributed by atoms with Gasteiger partial charge in [-0.1, -0.05) is 40.5 Å². The molecule has 114 valence electrons. The van der Waals surface area contributed by atoms with Gasteiger partial charge in [-0.2, -0.15) is 0 Å². The Morgan fingerprint density at radius 1 is 1.16 bits per heavy atom. The van der Waals surface area contributed by atoms with E-state index >= 15 is 0 Å². The molecule has 0 bridgehead atoms. The van der Waals surface area contributed by atoms with Crippen LogP contribution in [0.15, 0.2) is 0 Å². The van der Waals surface area contributed by atoms with Crippen molar-refractivity contribution in [1.29, 1.82) is 0 Å². The summed E-state index contributed by atoms with van der Waals surface area (Å²) in [5.74, 6) is 0.972. The molecule has 1 aliphatic rings. The van der Waals surface area contributed by atoms with E-state index in [9.17, 15) is 0 Å². The summed E-state index contributed by atoms with van der Waals surface area (Å²) in [7, 11) is 0. The van der Waals surface area contributed by atoms with Crippen LogP contribution in [-0.2, 0) is 0 Å². The molecule has 1 N–H and O–H groups in total. The Morgan fingerprint density at radius 2 is 1.95 bits per heavy atom. The van der Waals surface area contributed by atoms with E-state index in [2.05, 4.69) is 37.9 Å². The molecule has 0 spiro atoms. The van der Waals surface area contributed by atoms with Gasteiger partial charge < -0.3 is 10.2 Å². The van der Waals surface area contributed by atoms with Crippen molar-refractivity contribution in [1.82, 2.24) is 10.2 Å². The maximum Gasteiger partial charge on any atom is 0.00476 e. The average Bonchev–Trinajstić information content (AvgIpc) is 2.77. The van der Waals surface area contributed by atoms with Crippen molar-refractivity contribution >= 4 is 0 Å². The summed E-state index contributed by atoms with van der Waals surface area (Å²) < 4.78 is 0. The summed E-state index contributed by atoms with van der Waals surface area (Å²) in [4.78, 5) is 2.73. The molecule has 1 heterocycles. The lowest BCUT2D eigenvalue weighted by molar-refractivity contribution is 0.168. The molecule has 1 saturated heterocycles. The molecule has 0 aliphatic carbocycles. The van der Waals surface area contributed by atoms with Crippen molar-refractivity contribution in [3.05, 3.63) is 0 Å². The molecular weight excluding hydrogens is 232 g/mol. The Bertz CT molecular complexity index is 229. The zero-order valence-corrected chi connectivity index (χ0v) is 13.8. The lowest BCUT2D eigenvalue weighted by Crippen LogP contribution is -2.41. The van der Waals surface area contributed by atoms with Gasteiger partial charge in [-0.15, -0.1) is 0 Å². The van der Waals surface area contributed by atoms with E-state index in [1.165, 1.54) is 64.7 Å². The van der Waals surface area contributed by atoms with Gasteiger partial charge in [0.15, 0.2) is 0 Å². The maximum atomic E-state index is 3.64. The van der Waals surface area contributed by atoms with Crippen LogP contribution < -0.4 is 5.32 Å². The fraction of sp³-hybridized carbons (Fsp3) is 1.00. The topological polar surface area (TPSA) is 15.3 Å². The molecule has 19 heavy (non-hydrogen) atoms. The number of rotatable bonds is 10. The van der Waals surface area contributed by atoms with Crippen molar-refractivity contribution in [2.75, 3.05) is 32.7 Å². The van der Waals surface area contributed by atoms with Crippen LogP contribution in [-0.4, -0.2) is 37.6 Å². The monoisotopic (exact) mass is 268 g/mol. The first-order chi connectivity index (χ1) is 9.13. The predicted octanol–water partition coefficient (Wildman–Crippen LogP) is 3.91. The van der Waals surface area contributed by atoms with Crippen LogP contribution in [0.5, 0.6) is 0 Å². The third-order valence-electron chi connectivity index (χ3n) is 4.50. The second-order valence-corrected chi connectivity index (χ2v) is 6.92. The number of nitrogens with one attached hydrogen (secondary N) is 1. The molecule has 2 nitrogen and oxygen atoms in total. The van der Waals surface area contributed by atoms with E-state index in [-0.39, 0.29) is 0 Å². The van der Waals surface area contributed by atoms with Crippen molar-refractivity contribution in [3.63, 3.8) is 0 Å². The van der Waals surface area contributed by atoms with Crippen LogP contribution in [0.4, 0.5) is 0 Å². The molecule has 2 heteroatoms. The van der Waals surface area contributed by atoms with Gasteiger partial charge in [-0.25, -0.2) is 0 Å². The minimum Gasteiger partial charge on any atom is -0.316 e. The first-order valence-corrected chi connectivity index (χ1v) is 8.56. The molecule has 0 aromatic rings. The minimum atomic E-state index is 0.463. The van der Waals surface area contributed by atoms with Gasteiger partial charge in [-0.3, -0.25) is 0 Å². The van der Waals surface area contributed by atoms with Crippen LogP contribution in [0.25, 0.3) is 0 Å². The molecule has 1 aliphatic heterocycles. The molecule has 0 saturated carbocycles. The molecular formula is C17H36N2. The van der Waals surface area contributed by atoms with Gasteiger partial charge in [-0.05, 0) is 50.1 Å². The first kappa shape index (κ1) is 17.0. The van der Waals surface area contributed by atoms with Crippen molar-refractivity contribution in [2.24, 2.45) is 11.3 Å². The summed E-state index contributed by atoms with van der Waals surface area (Å²) >= 11 is 0. The highest BCUT2D eigenvalue weighted by Crippen LogP contribution is 2.28. The van der Waals surface area contributed by atoms with E-state index in [4.69, 9.17) is 0 Å². The number of hydrogen-bond acceptors (Lipinski definition) is 2. The van der Waals surface area contributed by atoms with Crippen LogP contribution in [0.2, 0.25) is 0 Å². The van der Waals surface area contributed by atoms with E-state index in [0.717, 1.165) is 12.5 Å². The van der Waals surface area contributed by atoms with Gasteiger partial charge in [0.1, 0.15) is 0 Å². The fourth-order valence-corrected chi connectivity index (χ4v) is 3.63. The van der Waals surface area contributed by atoms with E-state index in [1.54, 1.807) is 0 Å². The van der Waals surface area contributed by atoms with Crippen molar-refractivity contribution < 1.29 is 0 Å². The molecule has 1 rings (SSSR count). The van der Waals surface area contributed by atoms with E-state index in [1.807, 2.05) is 0 Å². The molecule has 0 aromatic carbocycles. The SMILES string of the molecule is CCCNCC(C)(CCC)CN1CCC(CCC)C1. The highest BCUT2D eigenvalue weighted by atomic mass is 15.2. The first-order valence-electron chi connectivity index (χ1n) is 8.56. The summed E-state index contributed by atoms with van der Waals surface area (Å²) in [6.45, 7) is 15.7. The lowest BCUT2D eigenvalue weighted by Gasteiger charge is -2.34. The molecule has 2 atom stereocenters. The molecule has 0 aromatic heterocycles. The zero-order chi connectivity index (χ0) is 14.1.